The summed E-state index contributed by atoms with van der Waals surface area (Å²) in [7, 11) is 1.64. The number of rotatable bonds is 4. The molecule has 0 aliphatic heterocycles. The molecule has 0 aliphatic rings. The van der Waals surface area contributed by atoms with Crippen LogP contribution in [0.15, 0.2) is 42.7 Å². The summed E-state index contributed by atoms with van der Waals surface area (Å²) >= 11 is 0. The van der Waals surface area contributed by atoms with Gasteiger partial charge in [-0.05, 0) is 12.1 Å². The van der Waals surface area contributed by atoms with Crippen molar-refractivity contribution in [2.24, 2.45) is 5.73 Å². The van der Waals surface area contributed by atoms with Crippen LogP contribution in [0.3, 0.4) is 0 Å². The molecule has 1 heterocycles. The van der Waals surface area contributed by atoms with Gasteiger partial charge in [0.2, 0.25) is 0 Å². The molecule has 0 unspecified atom stereocenters. The third kappa shape index (κ3) is 3.74. The zero-order chi connectivity index (χ0) is 14.2. The number of nitrogens with zero attached hydrogens (tertiary/aromatic N) is 1. The van der Waals surface area contributed by atoms with Crippen LogP contribution in [0.2, 0.25) is 0 Å². The zero-order valence-electron chi connectivity index (χ0n) is 11.3. The average Bonchev–Trinajstić information content (AvgIpc) is 2.51. The first-order chi connectivity index (χ1) is 9.83. The van der Waals surface area contributed by atoms with Crippen LogP contribution >= 0.6 is 0 Å². The molecule has 102 valence electrons. The minimum absolute atomic E-state index is 0.326. The Bertz CT molecular complexity index is 630. The van der Waals surface area contributed by atoms with Gasteiger partial charge in [-0.25, -0.2) is 0 Å². The minimum Gasteiger partial charge on any atom is -0.496 e. The predicted octanol–water partition coefficient (Wildman–Crippen LogP) is 1.98. The lowest BCUT2D eigenvalue weighted by molar-refractivity contribution is 0.295. The van der Waals surface area contributed by atoms with Gasteiger partial charge in [-0.3, -0.25) is 4.98 Å². The summed E-state index contributed by atoms with van der Waals surface area (Å²) in [6.07, 6.45) is 3.33. The molecule has 0 saturated heterocycles. The second kappa shape index (κ2) is 7.17. The van der Waals surface area contributed by atoms with E-state index in [9.17, 15) is 0 Å². The van der Waals surface area contributed by atoms with Gasteiger partial charge < -0.3 is 15.2 Å². The summed E-state index contributed by atoms with van der Waals surface area (Å²) < 4.78 is 11.0. The fourth-order valence-corrected chi connectivity index (χ4v) is 1.70. The molecule has 2 aromatic rings. The van der Waals surface area contributed by atoms with Gasteiger partial charge in [0, 0.05) is 17.3 Å². The lowest BCUT2D eigenvalue weighted by Crippen LogP contribution is -1.99. The molecule has 1 aromatic heterocycles. The van der Waals surface area contributed by atoms with Crippen LogP contribution in [0.5, 0.6) is 11.5 Å². The first kappa shape index (κ1) is 13.9. The highest BCUT2D eigenvalue weighted by atomic mass is 16.5. The van der Waals surface area contributed by atoms with Crippen molar-refractivity contribution in [2.75, 3.05) is 13.7 Å². The summed E-state index contributed by atoms with van der Waals surface area (Å²) in [6.45, 7) is 0.742. The second-order valence-electron chi connectivity index (χ2n) is 4.02. The van der Waals surface area contributed by atoms with Crippen LogP contribution in [0.25, 0.3) is 0 Å². The van der Waals surface area contributed by atoms with Gasteiger partial charge in [-0.2, -0.15) is 0 Å². The van der Waals surface area contributed by atoms with Crippen molar-refractivity contribution in [3.63, 3.8) is 0 Å². The van der Waals surface area contributed by atoms with Gasteiger partial charge >= 0.3 is 0 Å². The Morgan fingerprint density at radius 3 is 2.90 bits per heavy atom. The van der Waals surface area contributed by atoms with Crippen molar-refractivity contribution in [1.82, 2.24) is 4.98 Å². The van der Waals surface area contributed by atoms with Gasteiger partial charge in [0.05, 0.1) is 19.9 Å². The molecule has 0 spiro atoms. The minimum atomic E-state index is 0.326. The number of ether oxygens (including phenoxy) is 2. The zero-order valence-corrected chi connectivity index (χ0v) is 11.3. The van der Waals surface area contributed by atoms with Crippen molar-refractivity contribution < 1.29 is 9.47 Å². The first-order valence-corrected chi connectivity index (χ1v) is 6.22. The molecule has 0 amide bonds. The molecule has 4 nitrogen and oxygen atoms in total. The van der Waals surface area contributed by atoms with Gasteiger partial charge in [0.15, 0.2) is 0 Å². The molecular weight excluding hydrogens is 252 g/mol. The van der Waals surface area contributed by atoms with Gasteiger partial charge in [-0.15, -0.1) is 0 Å². The van der Waals surface area contributed by atoms with E-state index in [2.05, 4.69) is 16.8 Å². The van der Waals surface area contributed by atoms with Crippen LogP contribution in [0, 0.1) is 11.8 Å². The Balaban J connectivity index is 2.07. The van der Waals surface area contributed by atoms with Crippen LogP contribution in [-0.2, 0) is 6.61 Å². The standard InChI is InChI=1S/C16H16N2O2/c1-19-16-7-3-2-6-14(16)12-20-15-9-13(5-4-8-17)10-18-11-15/h2-3,6-7,9-11H,8,12,17H2,1H3. The maximum atomic E-state index is 5.71. The van der Waals surface area contributed by atoms with Crippen molar-refractivity contribution >= 4 is 0 Å². The number of hydrogen-bond donors (Lipinski definition) is 1. The van der Waals surface area contributed by atoms with Gasteiger partial charge in [-0.1, -0.05) is 30.0 Å². The molecule has 0 aliphatic carbocycles. The van der Waals surface area contributed by atoms with Gasteiger partial charge in [0.25, 0.3) is 0 Å². The van der Waals surface area contributed by atoms with Crippen molar-refractivity contribution in [2.45, 2.75) is 6.61 Å². The highest BCUT2D eigenvalue weighted by Crippen LogP contribution is 2.20. The third-order valence-corrected chi connectivity index (χ3v) is 2.63. The lowest BCUT2D eigenvalue weighted by atomic mass is 10.2. The maximum absolute atomic E-state index is 5.71. The molecule has 2 N–H and O–H groups in total. The Labute approximate surface area is 118 Å². The van der Waals surface area contributed by atoms with Crippen LogP contribution in [0.4, 0.5) is 0 Å². The van der Waals surface area contributed by atoms with E-state index in [0.717, 1.165) is 16.9 Å². The number of nitrogens with two attached hydrogens (primary N) is 1. The molecule has 0 radical (unpaired) electrons. The molecule has 2 rings (SSSR count). The molecule has 20 heavy (non-hydrogen) atoms. The monoisotopic (exact) mass is 268 g/mol. The van der Waals surface area contributed by atoms with E-state index >= 15 is 0 Å². The number of hydrogen-bond acceptors (Lipinski definition) is 4. The molecule has 0 atom stereocenters. The Morgan fingerprint density at radius 1 is 1.25 bits per heavy atom. The normalized spacial score (nSPS) is 9.50. The number of aromatic nitrogens is 1. The summed E-state index contributed by atoms with van der Waals surface area (Å²) in [5.41, 5.74) is 7.11. The molecule has 0 fully saturated rings. The second-order valence-corrected chi connectivity index (χ2v) is 4.02. The van der Waals surface area contributed by atoms with E-state index in [0.29, 0.717) is 18.9 Å². The van der Waals surface area contributed by atoms with Crippen molar-refractivity contribution in [1.29, 1.82) is 0 Å². The summed E-state index contributed by atoms with van der Waals surface area (Å²) in [4.78, 5) is 4.09. The smallest absolute Gasteiger partial charge is 0.139 e. The summed E-state index contributed by atoms with van der Waals surface area (Å²) in [6, 6.07) is 9.57. The molecular formula is C16H16N2O2. The Kier molecular flexibility index (Phi) is 4.99. The first-order valence-electron chi connectivity index (χ1n) is 6.22. The van der Waals surface area contributed by atoms with Crippen molar-refractivity contribution in [3.8, 4) is 23.3 Å². The number of para-hydroxylation sites is 1. The summed E-state index contributed by atoms with van der Waals surface area (Å²) in [5.74, 6) is 7.18. The average molecular weight is 268 g/mol. The van der Waals surface area contributed by atoms with E-state index < -0.39 is 0 Å². The maximum Gasteiger partial charge on any atom is 0.139 e. The highest BCUT2D eigenvalue weighted by Gasteiger charge is 2.03. The number of benzene rings is 1. The number of methoxy groups -OCH3 is 1. The van der Waals surface area contributed by atoms with Crippen LogP contribution in [-0.4, -0.2) is 18.6 Å². The predicted molar refractivity (Wildman–Crippen MR) is 77.5 cm³/mol. The van der Waals surface area contributed by atoms with E-state index in [1.165, 1.54) is 0 Å². The fraction of sp³-hybridized carbons (Fsp3) is 0.188. The lowest BCUT2D eigenvalue weighted by Gasteiger charge is -2.09. The van der Waals surface area contributed by atoms with Crippen molar-refractivity contribution in [3.05, 3.63) is 53.9 Å². The quantitative estimate of drug-likeness (QED) is 0.861. The number of pyridine rings is 1. The van der Waals surface area contributed by atoms with Gasteiger partial charge in [0.1, 0.15) is 18.1 Å². The fourth-order valence-electron chi connectivity index (χ4n) is 1.70. The topological polar surface area (TPSA) is 57.4 Å². The molecule has 4 heteroatoms. The Morgan fingerprint density at radius 2 is 2.10 bits per heavy atom. The third-order valence-electron chi connectivity index (χ3n) is 2.63. The molecule has 0 bridgehead atoms. The molecule has 1 aromatic carbocycles. The SMILES string of the molecule is COc1ccccc1COc1cncc(C#CCN)c1. The molecule has 0 saturated carbocycles. The van der Waals surface area contributed by atoms with E-state index in [4.69, 9.17) is 15.2 Å². The van der Waals surface area contributed by atoms with Crippen LogP contribution < -0.4 is 15.2 Å². The Hall–Kier alpha value is -2.51. The van der Waals surface area contributed by atoms with E-state index in [1.54, 1.807) is 19.5 Å². The highest BCUT2D eigenvalue weighted by molar-refractivity contribution is 5.37. The largest absolute Gasteiger partial charge is 0.496 e. The van der Waals surface area contributed by atoms with Crippen LogP contribution in [0.1, 0.15) is 11.1 Å². The van der Waals surface area contributed by atoms with E-state index in [1.807, 2.05) is 30.3 Å². The summed E-state index contributed by atoms with van der Waals surface area (Å²) in [5, 5.41) is 0. The van der Waals surface area contributed by atoms with E-state index in [-0.39, 0.29) is 0 Å².